The lowest BCUT2D eigenvalue weighted by molar-refractivity contribution is 0.0993. The smallest absolute Gasteiger partial charge is 0.248 e. The van der Waals surface area contributed by atoms with E-state index >= 15 is 0 Å². The first kappa shape index (κ1) is 23.0. The maximum Gasteiger partial charge on any atom is 0.248 e. The highest BCUT2D eigenvalue weighted by Crippen LogP contribution is 2.35. The number of aromatic nitrogens is 5. The average Bonchev–Trinajstić information content (AvgIpc) is 3.50. The number of aliphatic hydroxyl groups excluding tert-OH is 1. The summed E-state index contributed by atoms with van der Waals surface area (Å²) in [4.78, 5) is 18.7. The van der Waals surface area contributed by atoms with Crippen LogP contribution in [0.1, 0.15) is 35.2 Å². The molecule has 0 unspecified atom stereocenters. The maximum atomic E-state index is 11.9. The molecule has 4 aromatic heterocycles. The molecule has 0 aliphatic carbocycles. The summed E-state index contributed by atoms with van der Waals surface area (Å²) in [7, 11) is 0. The van der Waals surface area contributed by atoms with Gasteiger partial charge in [0.05, 0.1) is 36.0 Å². The number of nitrogens with one attached hydrogen (secondary N) is 1. The lowest BCUT2D eigenvalue weighted by Gasteiger charge is -2.37. The van der Waals surface area contributed by atoms with Gasteiger partial charge >= 0.3 is 0 Å². The summed E-state index contributed by atoms with van der Waals surface area (Å²) < 4.78 is 7.58. The van der Waals surface area contributed by atoms with E-state index in [0.717, 1.165) is 33.4 Å². The molecule has 6 rings (SSSR count). The molecule has 0 saturated carbocycles. The number of aliphatic hydroxyl groups is 1. The van der Waals surface area contributed by atoms with Crippen molar-refractivity contribution in [3.8, 4) is 16.9 Å². The molecule has 5 heterocycles. The molecule has 0 spiro atoms. The molecular weight excluding hydrogens is 470 g/mol. The van der Waals surface area contributed by atoms with Gasteiger partial charge in [-0.3, -0.25) is 9.89 Å². The summed E-state index contributed by atoms with van der Waals surface area (Å²) in [5.74, 6) is 0.862. The van der Waals surface area contributed by atoms with Gasteiger partial charge in [0, 0.05) is 41.9 Å². The molecular formula is C27H27N7O3. The van der Waals surface area contributed by atoms with Crippen LogP contribution in [0.3, 0.4) is 0 Å². The van der Waals surface area contributed by atoms with Gasteiger partial charge in [0.1, 0.15) is 11.6 Å². The number of β-amino-alcohol motifs (C(OH)–C–C–N with tert-alkyl or cyclic N) is 1. The lowest BCUT2D eigenvalue weighted by Crippen LogP contribution is -2.43. The number of benzene rings is 1. The maximum absolute atomic E-state index is 11.9. The standard InChI is InChI=1S/C27H27N7O3/c1-2-37-17-11-21(25-22-13-30-31-27(22)32-34(25)14-17)16-7-8-24(29-12-16)33-10-9-19(23(35)15-33)18-5-3-4-6-20(18)26(28)36/h3-8,11-14,19,23,35H,2,9-10,15H2,1H3,(H2,28,36)(H,31,32)/t19-,23-/m0/s1. The number of carbonyl (C=O) groups is 1. The second-order valence-corrected chi connectivity index (χ2v) is 9.21. The van der Waals surface area contributed by atoms with Crippen LogP contribution in [0, 0.1) is 0 Å². The van der Waals surface area contributed by atoms with Crippen molar-refractivity contribution in [2.75, 3.05) is 24.6 Å². The molecule has 0 bridgehead atoms. The van der Waals surface area contributed by atoms with Crippen LogP contribution in [0.2, 0.25) is 0 Å². The van der Waals surface area contributed by atoms with Crippen molar-refractivity contribution < 1.29 is 14.6 Å². The quantitative estimate of drug-likeness (QED) is 0.328. The van der Waals surface area contributed by atoms with Crippen LogP contribution < -0.4 is 15.4 Å². The molecule has 1 saturated heterocycles. The van der Waals surface area contributed by atoms with E-state index in [1.54, 1.807) is 18.3 Å². The van der Waals surface area contributed by atoms with E-state index in [4.69, 9.17) is 15.5 Å². The number of ether oxygens (including phenoxy) is 1. The van der Waals surface area contributed by atoms with E-state index in [-0.39, 0.29) is 5.92 Å². The Balaban J connectivity index is 1.28. The van der Waals surface area contributed by atoms with Crippen LogP contribution >= 0.6 is 0 Å². The summed E-state index contributed by atoms with van der Waals surface area (Å²) in [6.07, 6.45) is 5.49. The summed E-state index contributed by atoms with van der Waals surface area (Å²) in [6, 6.07) is 13.2. The largest absolute Gasteiger partial charge is 0.492 e. The third kappa shape index (κ3) is 4.05. The average molecular weight is 498 g/mol. The van der Waals surface area contributed by atoms with Crippen molar-refractivity contribution in [3.63, 3.8) is 0 Å². The first-order valence-electron chi connectivity index (χ1n) is 12.3. The van der Waals surface area contributed by atoms with E-state index in [0.29, 0.717) is 43.1 Å². The number of primary amides is 1. The zero-order valence-electron chi connectivity index (χ0n) is 20.3. The number of H-pyrrole nitrogens is 1. The Bertz CT molecular complexity index is 1590. The zero-order valence-corrected chi connectivity index (χ0v) is 20.3. The number of rotatable bonds is 6. The van der Waals surface area contributed by atoms with E-state index in [1.165, 1.54) is 0 Å². The fourth-order valence-corrected chi connectivity index (χ4v) is 5.29. The van der Waals surface area contributed by atoms with E-state index in [1.807, 2.05) is 54.2 Å². The Morgan fingerprint density at radius 2 is 2.11 bits per heavy atom. The number of pyridine rings is 2. The molecule has 5 aromatic rings. The van der Waals surface area contributed by atoms with E-state index < -0.39 is 12.0 Å². The summed E-state index contributed by atoms with van der Waals surface area (Å²) in [5.41, 5.74) is 10.3. The molecule has 1 aromatic carbocycles. The molecule has 10 nitrogen and oxygen atoms in total. The SMILES string of the molecule is CCOc1cc(-c2ccc(N3CC[C@@H](c4ccccc4C(N)=O)[C@@H](O)C3)nc2)c2c3cn[nH]c3nn2c1. The first-order valence-corrected chi connectivity index (χ1v) is 12.3. The van der Waals surface area contributed by atoms with Crippen LogP contribution in [0.15, 0.2) is 61.1 Å². The van der Waals surface area contributed by atoms with E-state index in [9.17, 15) is 9.90 Å². The monoisotopic (exact) mass is 497 g/mol. The van der Waals surface area contributed by atoms with Crippen LogP contribution in [-0.4, -0.2) is 61.6 Å². The fraction of sp³-hybridized carbons (Fsp3) is 0.259. The lowest BCUT2D eigenvalue weighted by atomic mass is 9.84. The predicted octanol–water partition coefficient (Wildman–Crippen LogP) is 3.12. The van der Waals surface area contributed by atoms with Crippen molar-refractivity contribution >= 4 is 28.3 Å². The number of anilines is 1. The number of carbonyl (C=O) groups excluding carboxylic acids is 1. The number of hydrogen-bond donors (Lipinski definition) is 3. The molecule has 1 fully saturated rings. The van der Waals surface area contributed by atoms with Crippen molar-refractivity contribution in [3.05, 3.63) is 72.2 Å². The Morgan fingerprint density at radius 3 is 2.86 bits per heavy atom. The highest BCUT2D eigenvalue weighted by Gasteiger charge is 2.31. The molecule has 10 heteroatoms. The number of aromatic amines is 1. The predicted molar refractivity (Wildman–Crippen MR) is 140 cm³/mol. The van der Waals surface area contributed by atoms with Crippen molar-refractivity contribution in [1.82, 2.24) is 24.8 Å². The normalized spacial score (nSPS) is 17.9. The number of hydrogen-bond acceptors (Lipinski definition) is 7. The van der Waals surface area contributed by atoms with Gasteiger partial charge in [-0.05, 0) is 43.2 Å². The molecule has 1 amide bonds. The molecule has 4 N–H and O–H groups in total. The second-order valence-electron chi connectivity index (χ2n) is 9.21. The topological polar surface area (TPSA) is 135 Å². The minimum absolute atomic E-state index is 0.159. The molecule has 1 aliphatic rings. The van der Waals surface area contributed by atoms with Crippen LogP contribution in [0.25, 0.3) is 27.7 Å². The van der Waals surface area contributed by atoms with Crippen LogP contribution in [0.4, 0.5) is 5.82 Å². The van der Waals surface area contributed by atoms with Crippen molar-refractivity contribution in [2.45, 2.75) is 25.4 Å². The van der Waals surface area contributed by atoms with Gasteiger partial charge in [0.25, 0.3) is 0 Å². The van der Waals surface area contributed by atoms with Gasteiger partial charge < -0.3 is 20.5 Å². The molecule has 0 radical (unpaired) electrons. The number of amides is 1. The van der Waals surface area contributed by atoms with Gasteiger partial charge in [-0.1, -0.05) is 18.2 Å². The minimum Gasteiger partial charge on any atom is -0.492 e. The van der Waals surface area contributed by atoms with Crippen molar-refractivity contribution in [1.29, 1.82) is 0 Å². The Morgan fingerprint density at radius 1 is 1.24 bits per heavy atom. The highest BCUT2D eigenvalue weighted by atomic mass is 16.5. The Labute approximate surface area is 212 Å². The van der Waals surface area contributed by atoms with Gasteiger partial charge in [-0.15, -0.1) is 5.10 Å². The van der Waals surface area contributed by atoms with Gasteiger partial charge in [-0.25, -0.2) is 9.50 Å². The second kappa shape index (κ2) is 9.21. The Kier molecular flexibility index (Phi) is 5.72. The summed E-state index contributed by atoms with van der Waals surface area (Å²) in [5, 5.41) is 23.6. The van der Waals surface area contributed by atoms with Gasteiger partial charge in [0.15, 0.2) is 5.65 Å². The minimum atomic E-state index is -0.653. The van der Waals surface area contributed by atoms with Gasteiger partial charge in [0.2, 0.25) is 5.91 Å². The Hall–Kier alpha value is -4.44. The summed E-state index contributed by atoms with van der Waals surface area (Å²) >= 11 is 0. The molecule has 2 atom stereocenters. The molecule has 37 heavy (non-hydrogen) atoms. The fourth-order valence-electron chi connectivity index (χ4n) is 5.29. The number of fused-ring (bicyclic) bond motifs is 3. The summed E-state index contributed by atoms with van der Waals surface area (Å²) in [6.45, 7) is 3.60. The number of nitrogens with two attached hydrogens (primary N) is 1. The highest BCUT2D eigenvalue weighted by molar-refractivity contribution is 6.01. The van der Waals surface area contributed by atoms with Crippen LogP contribution in [-0.2, 0) is 0 Å². The number of piperidine rings is 1. The number of nitrogens with zero attached hydrogens (tertiary/aromatic N) is 5. The zero-order chi connectivity index (χ0) is 25.5. The molecule has 188 valence electrons. The third-order valence-electron chi connectivity index (χ3n) is 7.00. The third-order valence-corrected chi connectivity index (χ3v) is 7.00. The first-order chi connectivity index (χ1) is 18.0. The van der Waals surface area contributed by atoms with Crippen molar-refractivity contribution in [2.24, 2.45) is 5.73 Å². The van der Waals surface area contributed by atoms with Crippen LogP contribution in [0.5, 0.6) is 5.75 Å². The van der Waals surface area contributed by atoms with E-state index in [2.05, 4.69) is 20.2 Å². The molecule has 1 aliphatic heterocycles. The van der Waals surface area contributed by atoms with Gasteiger partial charge in [-0.2, -0.15) is 5.10 Å².